The van der Waals surface area contributed by atoms with Gasteiger partial charge in [0.1, 0.15) is 0 Å². The Morgan fingerprint density at radius 3 is 2.32 bits per heavy atom. The Hall–Kier alpha value is -1.04. The van der Waals surface area contributed by atoms with Crippen LogP contribution in [0.15, 0.2) is 47.6 Å². The third-order valence-electron chi connectivity index (χ3n) is 12.3. The summed E-state index contributed by atoms with van der Waals surface area (Å²) < 4.78 is 0. The Labute approximate surface area is 231 Å². The highest BCUT2D eigenvalue weighted by atomic mass is 14.6. The first-order valence-electron chi connectivity index (χ1n) is 16.4. The monoisotopic (exact) mass is 504 g/mol. The maximum absolute atomic E-state index is 4.58. The molecule has 4 rings (SSSR count). The maximum Gasteiger partial charge on any atom is -0.00301 e. The molecule has 0 bridgehead atoms. The molecular weight excluding hydrogens is 444 g/mol. The number of unbranched alkanes of at least 4 members (excludes halogenated alkanes) is 2. The molecule has 0 heterocycles. The van der Waals surface area contributed by atoms with Gasteiger partial charge in [0.05, 0.1) is 0 Å². The molecule has 4 fully saturated rings. The van der Waals surface area contributed by atoms with E-state index in [0.29, 0.717) is 22.7 Å². The smallest absolute Gasteiger partial charge is 0.00301 e. The van der Waals surface area contributed by atoms with E-state index in [0.717, 1.165) is 29.6 Å². The van der Waals surface area contributed by atoms with Crippen molar-refractivity contribution in [3.63, 3.8) is 0 Å². The average molecular weight is 505 g/mol. The van der Waals surface area contributed by atoms with Crippen LogP contribution in [0.4, 0.5) is 0 Å². The molecule has 4 saturated carbocycles. The van der Waals surface area contributed by atoms with Crippen LogP contribution in [0, 0.1) is 52.3 Å². The number of fused-ring (bicyclic) bond motifs is 1. The van der Waals surface area contributed by atoms with Crippen LogP contribution < -0.4 is 0 Å². The summed E-state index contributed by atoms with van der Waals surface area (Å²) in [4.78, 5) is 0. The predicted molar refractivity (Wildman–Crippen MR) is 163 cm³/mol. The van der Waals surface area contributed by atoms with E-state index >= 15 is 0 Å². The molecule has 0 N–H and O–H groups in total. The van der Waals surface area contributed by atoms with Gasteiger partial charge in [-0.25, -0.2) is 0 Å². The van der Waals surface area contributed by atoms with Crippen molar-refractivity contribution in [3.05, 3.63) is 47.6 Å². The molecule has 4 aliphatic carbocycles. The van der Waals surface area contributed by atoms with E-state index in [1.807, 2.05) is 0 Å². The molecule has 0 saturated heterocycles. The van der Waals surface area contributed by atoms with Crippen molar-refractivity contribution in [3.8, 4) is 0 Å². The zero-order chi connectivity index (χ0) is 26.8. The molecule has 208 valence electrons. The number of rotatable bonds is 10. The molecule has 0 spiro atoms. The van der Waals surface area contributed by atoms with Crippen molar-refractivity contribution in [1.29, 1.82) is 0 Å². The Kier molecular flexibility index (Phi) is 9.39. The number of allylic oxidation sites excluding steroid dienone is 7. The van der Waals surface area contributed by atoms with Gasteiger partial charge in [-0.3, -0.25) is 0 Å². The van der Waals surface area contributed by atoms with Gasteiger partial charge in [-0.05, 0) is 123 Å². The molecule has 0 nitrogen and oxygen atoms in total. The van der Waals surface area contributed by atoms with Crippen molar-refractivity contribution in [2.24, 2.45) is 52.3 Å². The van der Waals surface area contributed by atoms with Gasteiger partial charge >= 0.3 is 0 Å². The minimum Gasteiger partial charge on any atom is -0.0993 e. The Morgan fingerprint density at radius 1 is 0.973 bits per heavy atom. The zero-order valence-corrected chi connectivity index (χ0v) is 25.8. The molecule has 0 aliphatic heterocycles. The van der Waals surface area contributed by atoms with Crippen LogP contribution in [-0.4, -0.2) is 0 Å². The topological polar surface area (TPSA) is 0 Å². The standard InChI is InChI=1S/C37H60/c1-9-10-11-13-29(5)37(22-23-37)30(6)16-15-26(2)34-19-20-35-33(14-12-21-36(34,35)8)18-17-32-24-27(3)31(7)28(4)25-32/h15-18,26-28,30-31,34-35H,5,9-14,19-25H2,1-4,6-8H3. The normalized spacial score (nSPS) is 38.0. The van der Waals surface area contributed by atoms with Crippen LogP contribution in [0.1, 0.15) is 132 Å². The first-order valence-corrected chi connectivity index (χ1v) is 16.4. The summed E-state index contributed by atoms with van der Waals surface area (Å²) in [5.74, 6) is 5.49. The minimum atomic E-state index is 0.423. The highest BCUT2D eigenvalue weighted by molar-refractivity contribution is 5.27. The van der Waals surface area contributed by atoms with Crippen molar-refractivity contribution in [2.75, 3.05) is 0 Å². The molecular formula is C37H60. The number of hydrogen-bond acceptors (Lipinski definition) is 0. The molecule has 7 atom stereocenters. The first kappa shape index (κ1) is 29.0. The molecule has 37 heavy (non-hydrogen) atoms. The van der Waals surface area contributed by atoms with Crippen molar-refractivity contribution in [1.82, 2.24) is 0 Å². The van der Waals surface area contributed by atoms with E-state index < -0.39 is 0 Å². The predicted octanol–water partition coefficient (Wildman–Crippen LogP) is 11.5. The van der Waals surface area contributed by atoms with Gasteiger partial charge in [-0.1, -0.05) is 109 Å². The lowest BCUT2D eigenvalue weighted by molar-refractivity contribution is 0.112. The van der Waals surface area contributed by atoms with Gasteiger partial charge < -0.3 is 0 Å². The third-order valence-corrected chi connectivity index (χ3v) is 12.3. The van der Waals surface area contributed by atoms with Crippen LogP contribution in [-0.2, 0) is 0 Å². The van der Waals surface area contributed by atoms with Crippen LogP contribution in [0.2, 0.25) is 0 Å². The second-order valence-electron chi connectivity index (χ2n) is 14.6. The molecule has 7 unspecified atom stereocenters. The van der Waals surface area contributed by atoms with E-state index in [1.165, 1.54) is 83.5 Å². The fraction of sp³-hybridized carbons (Fsp3) is 0.784. The van der Waals surface area contributed by atoms with Gasteiger partial charge in [0.15, 0.2) is 0 Å². The Balaban J connectivity index is 1.40. The van der Waals surface area contributed by atoms with Crippen LogP contribution in [0.3, 0.4) is 0 Å². The van der Waals surface area contributed by atoms with Gasteiger partial charge in [0.25, 0.3) is 0 Å². The summed E-state index contributed by atoms with van der Waals surface area (Å²) >= 11 is 0. The highest BCUT2D eigenvalue weighted by Crippen LogP contribution is 2.61. The second kappa shape index (κ2) is 12.0. The summed E-state index contributed by atoms with van der Waals surface area (Å²) in [5, 5.41) is 0. The molecule has 0 radical (unpaired) electrons. The maximum atomic E-state index is 4.58. The van der Waals surface area contributed by atoms with E-state index in [9.17, 15) is 0 Å². The summed E-state index contributed by atoms with van der Waals surface area (Å²) in [6, 6.07) is 0. The Morgan fingerprint density at radius 2 is 1.68 bits per heavy atom. The largest absolute Gasteiger partial charge is 0.0993 e. The van der Waals surface area contributed by atoms with E-state index in [2.05, 4.69) is 79.3 Å². The second-order valence-corrected chi connectivity index (χ2v) is 14.6. The van der Waals surface area contributed by atoms with E-state index in [-0.39, 0.29) is 0 Å². The molecule has 0 aromatic heterocycles. The Bertz CT molecular complexity index is 864. The molecule has 0 heteroatoms. The quantitative estimate of drug-likeness (QED) is 0.205. The zero-order valence-electron chi connectivity index (χ0n) is 25.8. The van der Waals surface area contributed by atoms with Gasteiger partial charge in [0.2, 0.25) is 0 Å². The van der Waals surface area contributed by atoms with Crippen LogP contribution >= 0.6 is 0 Å². The molecule has 4 aliphatic rings. The van der Waals surface area contributed by atoms with Crippen LogP contribution in [0.5, 0.6) is 0 Å². The van der Waals surface area contributed by atoms with Gasteiger partial charge in [-0.2, -0.15) is 0 Å². The minimum absolute atomic E-state index is 0.423. The highest BCUT2D eigenvalue weighted by Gasteiger charge is 2.51. The fourth-order valence-electron chi connectivity index (χ4n) is 9.11. The lowest BCUT2D eigenvalue weighted by atomic mass is 9.61. The van der Waals surface area contributed by atoms with E-state index in [1.54, 1.807) is 16.7 Å². The average Bonchev–Trinajstić information content (AvgIpc) is 3.60. The summed E-state index contributed by atoms with van der Waals surface area (Å²) in [6.45, 7) is 21.9. The van der Waals surface area contributed by atoms with Crippen molar-refractivity contribution in [2.45, 2.75) is 132 Å². The van der Waals surface area contributed by atoms with E-state index in [4.69, 9.17) is 0 Å². The van der Waals surface area contributed by atoms with Crippen molar-refractivity contribution >= 4 is 0 Å². The summed E-state index contributed by atoms with van der Waals surface area (Å²) in [6.07, 6.45) is 28.0. The SMILES string of the molecule is C=C(CCCCC)C1(C(C)C=CC(C)C2CCC3C(=CC=C4CC(C)C(C)C(C)C4)CCCC32C)CC1. The molecule has 0 amide bonds. The lowest BCUT2D eigenvalue weighted by Crippen LogP contribution is -2.35. The summed E-state index contributed by atoms with van der Waals surface area (Å²) in [7, 11) is 0. The molecule has 0 aromatic carbocycles. The van der Waals surface area contributed by atoms with Gasteiger partial charge in [0, 0.05) is 0 Å². The van der Waals surface area contributed by atoms with Gasteiger partial charge in [-0.15, -0.1) is 0 Å². The summed E-state index contributed by atoms with van der Waals surface area (Å²) in [5.41, 5.74) is 5.95. The van der Waals surface area contributed by atoms with Crippen molar-refractivity contribution < 1.29 is 0 Å². The fourth-order valence-corrected chi connectivity index (χ4v) is 9.11. The third kappa shape index (κ3) is 6.09. The number of hydrogen-bond donors (Lipinski definition) is 0. The first-order chi connectivity index (χ1) is 17.6. The lowest BCUT2D eigenvalue weighted by Gasteiger charge is -2.44. The molecule has 0 aromatic rings. The van der Waals surface area contributed by atoms with Crippen LogP contribution in [0.25, 0.3) is 0 Å².